The van der Waals surface area contributed by atoms with Crippen LogP contribution in [0.25, 0.3) is 0 Å². The van der Waals surface area contributed by atoms with Gasteiger partial charge in [-0.2, -0.15) is 0 Å². The van der Waals surface area contributed by atoms with Crippen LogP contribution < -0.4 is 5.73 Å². The molecule has 0 saturated carbocycles. The number of nitrogens with two attached hydrogens (primary N) is 1. The number of aryl methyl sites for hydroxylation is 1. The van der Waals surface area contributed by atoms with Crippen LogP contribution in [0.4, 0.5) is 8.78 Å². The fraction of sp³-hybridized carbons (Fsp3) is 0.600. The first kappa shape index (κ1) is 13.9. The average molecular weight is 282 g/mol. The van der Waals surface area contributed by atoms with E-state index in [2.05, 4.69) is 4.90 Å². The second kappa shape index (κ2) is 5.39. The van der Waals surface area contributed by atoms with Gasteiger partial charge in [-0.25, -0.2) is 8.78 Å². The van der Waals surface area contributed by atoms with Crippen molar-refractivity contribution in [2.45, 2.75) is 38.0 Å². The van der Waals surface area contributed by atoms with Gasteiger partial charge in [0.1, 0.15) is 0 Å². The Hall–Kier alpha value is -1.04. The average Bonchev–Trinajstić information content (AvgIpc) is 2.91. The van der Waals surface area contributed by atoms with E-state index in [0.717, 1.165) is 13.0 Å². The quantitative estimate of drug-likeness (QED) is 0.903. The number of fused-ring (bicyclic) bond motifs is 1. The van der Waals surface area contributed by atoms with Crippen molar-refractivity contribution >= 4 is 0 Å². The molecule has 2 N–H and O–H groups in total. The zero-order chi connectivity index (χ0) is 14.3. The third-order valence-corrected chi connectivity index (χ3v) is 4.48. The highest BCUT2D eigenvalue weighted by molar-refractivity contribution is 5.28. The molecule has 110 valence electrons. The first-order chi connectivity index (χ1) is 9.58. The lowest BCUT2D eigenvalue weighted by molar-refractivity contribution is -0.0601. The van der Waals surface area contributed by atoms with Crippen molar-refractivity contribution in [3.8, 4) is 0 Å². The molecule has 1 aromatic carbocycles. The summed E-state index contributed by atoms with van der Waals surface area (Å²) in [6, 6.07) is 2.97. The Balaban J connectivity index is 1.79. The Morgan fingerprint density at radius 2 is 2.15 bits per heavy atom. The summed E-state index contributed by atoms with van der Waals surface area (Å²) < 4.78 is 33.4. The number of hydrogen-bond acceptors (Lipinski definition) is 3. The summed E-state index contributed by atoms with van der Waals surface area (Å²) in [4.78, 5) is 2.34. The lowest BCUT2D eigenvalue weighted by atomic mass is 9.98. The van der Waals surface area contributed by atoms with Crippen molar-refractivity contribution in [3.63, 3.8) is 0 Å². The minimum Gasteiger partial charge on any atom is -0.373 e. The number of hydrogen-bond donors (Lipinski definition) is 1. The monoisotopic (exact) mass is 282 g/mol. The van der Waals surface area contributed by atoms with E-state index >= 15 is 0 Å². The van der Waals surface area contributed by atoms with E-state index in [4.69, 9.17) is 10.5 Å². The summed E-state index contributed by atoms with van der Waals surface area (Å²) in [5.74, 6) is -1.66. The van der Waals surface area contributed by atoms with Gasteiger partial charge in [0.15, 0.2) is 11.6 Å². The van der Waals surface area contributed by atoms with Gasteiger partial charge in [0.05, 0.1) is 18.8 Å². The van der Waals surface area contributed by atoms with Gasteiger partial charge < -0.3 is 10.5 Å². The number of morpholine rings is 1. The molecule has 0 aliphatic carbocycles. The summed E-state index contributed by atoms with van der Waals surface area (Å²) >= 11 is 0. The molecule has 2 saturated heterocycles. The van der Waals surface area contributed by atoms with Gasteiger partial charge in [0.25, 0.3) is 0 Å². The van der Waals surface area contributed by atoms with Crippen LogP contribution in [0.2, 0.25) is 0 Å². The fourth-order valence-electron chi connectivity index (χ4n) is 3.18. The van der Waals surface area contributed by atoms with E-state index in [1.165, 1.54) is 6.42 Å². The zero-order valence-corrected chi connectivity index (χ0v) is 11.6. The fourth-order valence-corrected chi connectivity index (χ4v) is 3.18. The number of rotatable bonds is 2. The Morgan fingerprint density at radius 1 is 1.35 bits per heavy atom. The third-order valence-electron chi connectivity index (χ3n) is 4.48. The molecule has 3 unspecified atom stereocenters. The second-order valence-corrected chi connectivity index (χ2v) is 5.79. The highest BCUT2D eigenvalue weighted by Gasteiger charge is 2.36. The number of ether oxygens (including phenoxy) is 1. The topological polar surface area (TPSA) is 38.5 Å². The van der Waals surface area contributed by atoms with Crippen LogP contribution in [-0.4, -0.2) is 36.7 Å². The van der Waals surface area contributed by atoms with Gasteiger partial charge in [-0.05, 0) is 31.9 Å². The molecule has 2 aliphatic heterocycles. The summed E-state index contributed by atoms with van der Waals surface area (Å²) in [7, 11) is 0. The van der Waals surface area contributed by atoms with Crippen LogP contribution in [0.1, 0.15) is 30.0 Å². The van der Waals surface area contributed by atoms with Crippen LogP contribution in [0.15, 0.2) is 12.1 Å². The molecule has 0 amide bonds. The van der Waals surface area contributed by atoms with Crippen LogP contribution in [0, 0.1) is 18.6 Å². The Bertz CT molecular complexity index is 509. The van der Waals surface area contributed by atoms with Crippen molar-refractivity contribution in [2.75, 3.05) is 19.7 Å². The van der Waals surface area contributed by atoms with Crippen molar-refractivity contribution in [2.24, 2.45) is 5.73 Å². The predicted molar refractivity (Wildman–Crippen MR) is 72.4 cm³/mol. The molecule has 3 atom stereocenters. The lowest BCUT2D eigenvalue weighted by Crippen LogP contribution is -2.49. The van der Waals surface area contributed by atoms with Gasteiger partial charge in [0.2, 0.25) is 0 Å². The summed E-state index contributed by atoms with van der Waals surface area (Å²) in [5, 5.41) is 0. The van der Waals surface area contributed by atoms with Gasteiger partial charge in [0, 0.05) is 18.2 Å². The summed E-state index contributed by atoms with van der Waals surface area (Å²) in [6.07, 6.45) is 2.04. The van der Waals surface area contributed by atoms with Gasteiger partial charge >= 0.3 is 0 Å². The molecular formula is C15H20F2N2O. The third kappa shape index (κ3) is 2.34. The van der Waals surface area contributed by atoms with E-state index < -0.39 is 17.7 Å². The second-order valence-electron chi connectivity index (χ2n) is 5.79. The molecule has 0 bridgehead atoms. The number of halogens is 2. The molecule has 0 radical (unpaired) electrons. The standard InChI is InChI=1S/C15H20F2N2O/c1-9-4-5-11(14(17)13(9)16)15(18)12-7-19-6-2-3-10(19)8-20-12/h4-5,10,12,15H,2-3,6-8,18H2,1H3. The molecule has 3 nitrogen and oxygen atoms in total. The molecule has 20 heavy (non-hydrogen) atoms. The zero-order valence-electron chi connectivity index (χ0n) is 11.6. The van der Waals surface area contributed by atoms with Gasteiger partial charge in [-0.3, -0.25) is 4.90 Å². The molecule has 0 aromatic heterocycles. The minimum absolute atomic E-state index is 0.204. The maximum atomic E-state index is 14.0. The smallest absolute Gasteiger partial charge is 0.163 e. The number of nitrogens with zero attached hydrogens (tertiary/aromatic N) is 1. The van der Waals surface area contributed by atoms with Gasteiger partial charge in [-0.15, -0.1) is 0 Å². The SMILES string of the molecule is Cc1ccc(C(N)C2CN3CCCC3CO2)c(F)c1F. The Kier molecular flexibility index (Phi) is 3.75. The Morgan fingerprint density at radius 3 is 2.95 bits per heavy atom. The molecule has 5 heteroatoms. The van der Waals surface area contributed by atoms with Crippen LogP contribution in [-0.2, 0) is 4.74 Å². The molecule has 2 heterocycles. The highest BCUT2D eigenvalue weighted by atomic mass is 19.2. The largest absolute Gasteiger partial charge is 0.373 e. The van der Waals surface area contributed by atoms with Crippen LogP contribution in [0.5, 0.6) is 0 Å². The molecule has 0 spiro atoms. The molecule has 1 aromatic rings. The van der Waals surface area contributed by atoms with Crippen molar-refractivity contribution in [3.05, 3.63) is 34.9 Å². The van der Waals surface area contributed by atoms with E-state index in [0.29, 0.717) is 24.8 Å². The minimum atomic E-state index is -0.843. The Labute approximate surface area is 117 Å². The van der Waals surface area contributed by atoms with Crippen molar-refractivity contribution in [1.82, 2.24) is 4.90 Å². The molecular weight excluding hydrogens is 262 g/mol. The van der Waals surface area contributed by atoms with E-state index in [-0.39, 0.29) is 11.7 Å². The first-order valence-electron chi connectivity index (χ1n) is 7.13. The van der Waals surface area contributed by atoms with E-state index in [1.54, 1.807) is 19.1 Å². The maximum absolute atomic E-state index is 14.0. The first-order valence-corrected chi connectivity index (χ1v) is 7.13. The molecule has 2 aliphatic rings. The molecule has 2 fully saturated rings. The van der Waals surface area contributed by atoms with Crippen molar-refractivity contribution < 1.29 is 13.5 Å². The highest BCUT2D eigenvalue weighted by Crippen LogP contribution is 2.29. The van der Waals surface area contributed by atoms with E-state index in [9.17, 15) is 8.78 Å². The molecule has 3 rings (SSSR count). The lowest BCUT2D eigenvalue weighted by Gasteiger charge is -2.37. The summed E-state index contributed by atoms with van der Waals surface area (Å²) in [5.41, 5.74) is 6.61. The van der Waals surface area contributed by atoms with Crippen LogP contribution >= 0.6 is 0 Å². The van der Waals surface area contributed by atoms with Gasteiger partial charge in [-0.1, -0.05) is 12.1 Å². The van der Waals surface area contributed by atoms with Crippen LogP contribution in [0.3, 0.4) is 0 Å². The van der Waals surface area contributed by atoms with E-state index in [1.807, 2.05) is 0 Å². The normalized spacial score (nSPS) is 28.4. The maximum Gasteiger partial charge on any atom is 0.163 e. The number of benzene rings is 1. The predicted octanol–water partition coefficient (Wildman–Crippen LogP) is 2.14. The summed E-state index contributed by atoms with van der Waals surface area (Å²) in [6.45, 7) is 3.91. The van der Waals surface area contributed by atoms with Crippen molar-refractivity contribution in [1.29, 1.82) is 0 Å².